The van der Waals surface area contributed by atoms with E-state index >= 15 is 0 Å². The van der Waals surface area contributed by atoms with Crippen LogP contribution < -0.4 is 10.0 Å². The lowest BCUT2D eigenvalue weighted by Gasteiger charge is -2.24. The third-order valence-electron chi connectivity index (χ3n) is 5.15. The van der Waals surface area contributed by atoms with Gasteiger partial charge in [-0.1, -0.05) is 24.9 Å². The van der Waals surface area contributed by atoms with E-state index in [2.05, 4.69) is 17.0 Å². The average Bonchev–Trinajstić information content (AvgIpc) is 3.24. The topological polar surface area (TPSA) is 95.6 Å². The van der Waals surface area contributed by atoms with Gasteiger partial charge in [-0.05, 0) is 67.8 Å². The van der Waals surface area contributed by atoms with Gasteiger partial charge in [0.05, 0.1) is 4.90 Å². The highest BCUT2D eigenvalue weighted by atomic mass is 35.5. The van der Waals surface area contributed by atoms with Crippen molar-refractivity contribution >= 4 is 39.1 Å². The predicted molar refractivity (Wildman–Crippen MR) is 121 cm³/mol. The minimum atomic E-state index is -3.77. The van der Waals surface area contributed by atoms with Gasteiger partial charge < -0.3 is 10.2 Å². The zero-order chi connectivity index (χ0) is 22.4. The van der Waals surface area contributed by atoms with Gasteiger partial charge in [0.1, 0.15) is 6.04 Å². The summed E-state index contributed by atoms with van der Waals surface area (Å²) in [4.78, 5) is 27.1. The molecule has 166 valence electrons. The first-order valence-electron chi connectivity index (χ1n) is 10.3. The van der Waals surface area contributed by atoms with Crippen LogP contribution >= 0.6 is 11.6 Å². The van der Waals surface area contributed by atoms with Crippen molar-refractivity contribution in [1.82, 2.24) is 10.2 Å². The number of hydrogen-bond acceptors (Lipinski definition) is 4. The Morgan fingerprint density at radius 3 is 2.42 bits per heavy atom. The van der Waals surface area contributed by atoms with Crippen LogP contribution in [0.1, 0.15) is 43.0 Å². The van der Waals surface area contributed by atoms with E-state index in [0.29, 0.717) is 35.8 Å². The van der Waals surface area contributed by atoms with Crippen LogP contribution in [0.25, 0.3) is 0 Å². The fourth-order valence-corrected chi connectivity index (χ4v) is 4.65. The molecule has 3 rings (SSSR count). The van der Waals surface area contributed by atoms with Crippen LogP contribution in [0.15, 0.2) is 53.4 Å². The molecule has 2 aromatic rings. The Morgan fingerprint density at radius 1 is 1.10 bits per heavy atom. The van der Waals surface area contributed by atoms with E-state index in [-0.39, 0.29) is 16.7 Å². The van der Waals surface area contributed by atoms with Crippen LogP contribution in [-0.4, -0.2) is 44.3 Å². The number of sulfonamides is 1. The maximum atomic E-state index is 12.9. The van der Waals surface area contributed by atoms with E-state index in [1.54, 1.807) is 17.0 Å². The van der Waals surface area contributed by atoms with E-state index in [0.717, 1.165) is 19.3 Å². The van der Waals surface area contributed by atoms with Crippen LogP contribution in [0.4, 0.5) is 5.69 Å². The van der Waals surface area contributed by atoms with E-state index in [1.165, 1.54) is 36.4 Å². The third-order valence-corrected chi connectivity index (χ3v) is 6.80. The number of anilines is 1. The van der Waals surface area contributed by atoms with Crippen LogP contribution in [0, 0.1) is 0 Å². The Morgan fingerprint density at radius 2 is 1.77 bits per heavy atom. The van der Waals surface area contributed by atoms with Gasteiger partial charge >= 0.3 is 0 Å². The number of hydrogen-bond donors (Lipinski definition) is 2. The summed E-state index contributed by atoms with van der Waals surface area (Å²) < 4.78 is 27.5. The van der Waals surface area contributed by atoms with E-state index in [1.807, 2.05) is 0 Å². The second kappa shape index (κ2) is 10.2. The van der Waals surface area contributed by atoms with Gasteiger partial charge in [-0.2, -0.15) is 0 Å². The molecule has 2 N–H and O–H groups in total. The molecule has 1 saturated heterocycles. The van der Waals surface area contributed by atoms with Crippen molar-refractivity contribution in [2.75, 3.05) is 17.8 Å². The summed E-state index contributed by atoms with van der Waals surface area (Å²) in [5.41, 5.74) is 0.740. The summed E-state index contributed by atoms with van der Waals surface area (Å²) in [6, 6.07) is 11.6. The van der Waals surface area contributed by atoms with E-state index < -0.39 is 16.1 Å². The van der Waals surface area contributed by atoms with Crippen LogP contribution in [0.5, 0.6) is 0 Å². The van der Waals surface area contributed by atoms with E-state index in [4.69, 9.17) is 11.6 Å². The molecule has 1 aliphatic heterocycles. The van der Waals surface area contributed by atoms with Crippen LogP contribution in [0.3, 0.4) is 0 Å². The number of carbonyl (C=O) groups is 2. The number of rotatable bonds is 8. The van der Waals surface area contributed by atoms with Gasteiger partial charge in [-0.25, -0.2) is 8.42 Å². The van der Waals surface area contributed by atoms with Gasteiger partial charge in [0.15, 0.2) is 0 Å². The Labute approximate surface area is 187 Å². The van der Waals surface area contributed by atoms with E-state index in [9.17, 15) is 18.0 Å². The molecule has 0 aliphatic carbocycles. The summed E-state index contributed by atoms with van der Waals surface area (Å²) >= 11 is 5.81. The number of carbonyl (C=O) groups excluding carboxylic acids is 2. The molecule has 0 unspecified atom stereocenters. The molecule has 2 amide bonds. The van der Waals surface area contributed by atoms with Crippen molar-refractivity contribution in [1.29, 1.82) is 0 Å². The normalized spacial score (nSPS) is 16.2. The lowest BCUT2D eigenvalue weighted by Crippen LogP contribution is -2.46. The summed E-state index contributed by atoms with van der Waals surface area (Å²) in [5, 5.41) is 3.34. The Bertz CT molecular complexity index is 1020. The molecule has 2 aromatic carbocycles. The first-order valence-corrected chi connectivity index (χ1v) is 12.1. The number of nitrogens with one attached hydrogen (secondary N) is 2. The molecule has 0 bridgehead atoms. The summed E-state index contributed by atoms with van der Waals surface area (Å²) in [5.74, 6) is -0.355. The van der Waals surface area contributed by atoms with Gasteiger partial charge in [0, 0.05) is 29.4 Å². The third kappa shape index (κ3) is 5.77. The molecule has 0 aromatic heterocycles. The Kier molecular flexibility index (Phi) is 7.56. The Hall–Kier alpha value is -2.58. The quantitative estimate of drug-likeness (QED) is 0.584. The molecular weight excluding hydrogens is 438 g/mol. The fraction of sp³-hybridized carbons (Fsp3) is 0.364. The maximum absolute atomic E-state index is 12.9. The number of unbranched alkanes of at least 4 members (excludes halogenated alkanes) is 1. The molecular formula is C22H26ClN3O4S. The Balaban J connectivity index is 1.67. The molecule has 7 nitrogen and oxygen atoms in total. The first-order chi connectivity index (χ1) is 14.8. The lowest BCUT2D eigenvalue weighted by atomic mass is 10.1. The zero-order valence-corrected chi connectivity index (χ0v) is 18.9. The molecule has 9 heteroatoms. The zero-order valence-electron chi connectivity index (χ0n) is 17.3. The molecule has 31 heavy (non-hydrogen) atoms. The number of halogens is 1. The number of likely N-dealkylation sites (tertiary alicyclic amines) is 1. The van der Waals surface area contributed by atoms with Crippen LogP contribution in [0.2, 0.25) is 5.02 Å². The highest BCUT2D eigenvalue weighted by Gasteiger charge is 2.34. The van der Waals surface area contributed by atoms with Crippen molar-refractivity contribution in [2.24, 2.45) is 0 Å². The number of nitrogens with zero attached hydrogens (tertiary/aromatic N) is 1. The highest BCUT2D eigenvalue weighted by molar-refractivity contribution is 7.92. The van der Waals surface area contributed by atoms with Gasteiger partial charge in [0.2, 0.25) is 5.91 Å². The standard InChI is InChI=1S/C22H26ClN3O4S/c1-2-3-14-24-21(27)20-5-4-15-26(20)22(28)16-6-10-18(11-7-16)25-31(29,30)19-12-8-17(23)9-13-19/h6-13,20,25H,2-5,14-15H2,1H3,(H,24,27)/t20-/m1/s1. The van der Waals surface area contributed by atoms with Gasteiger partial charge in [0.25, 0.3) is 15.9 Å². The molecule has 0 spiro atoms. The van der Waals surface area contributed by atoms with Crippen molar-refractivity contribution in [3.63, 3.8) is 0 Å². The molecule has 1 aliphatic rings. The predicted octanol–water partition coefficient (Wildman–Crippen LogP) is 3.66. The molecule has 1 fully saturated rings. The SMILES string of the molecule is CCCCNC(=O)[C@H]1CCCN1C(=O)c1ccc(NS(=O)(=O)c2ccc(Cl)cc2)cc1. The fourth-order valence-electron chi connectivity index (χ4n) is 3.46. The summed E-state index contributed by atoms with van der Waals surface area (Å²) in [7, 11) is -3.77. The highest BCUT2D eigenvalue weighted by Crippen LogP contribution is 2.23. The maximum Gasteiger partial charge on any atom is 0.261 e. The first kappa shape index (κ1) is 23.1. The van der Waals surface area contributed by atoms with Crippen LogP contribution in [-0.2, 0) is 14.8 Å². The lowest BCUT2D eigenvalue weighted by molar-refractivity contribution is -0.124. The van der Waals surface area contributed by atoms with Crippen molar-refractivity contribution < 1.29 is 18.0 Å². The van der Waals surface area contributed by atoms with Gasteiger partial charge in [-0.3, -0.25) is 14.3 Å². The minimum absolute atomic E-state index is 0.0889. The largest absolute Gasteiger partial charge is 0.354 e. The second-order valence-electron chi connectivity index (χ2n) is 7.44. The monoisotopic (exact) mass is 463 g/mol. The molecule has 1 heterocycles. The average molecular weight is 464 g/mol. The molecule has 0 saturated carbocycles. The summed E-state index contributed by atoms with van der Waals surface area (Å²) in [6.07, 6.45) is 3.31. The smallest absolute Gasteiger partial charge is 0.261 e. The van der Waals surface area contributed by atoms with Gasteiger partial charge in [-0.15, -0.1) is 0 Å². The number of benzene rings is 2. The van der Waals surface area contributed by atoms with Crippen molar-refractivity contribution in [3.05, 3.63) is 59.1 Å². The minimum Gasteiger partial charge on any atom is -0.354 e. The molecule has 1 atom stereocenters. The number of amides is 2. The molecule has 0 radical (unpaired) electrons. The summed E-state index contributed by atoms with van der Waals surface area (Å²) in [6.45, 7) is 3.18. The van der Waals surface area contributed by atoms with Crippen molar-refractivity contribution in [2.45, 2.75) is 43.5 Å². The van der Waals surface area contributed by atoms with Crippen molar-refractivity contribution in [3.8, 4) is 0 Å². The second-order valence-corrected chi connectivity index (χ2v) is 9.56.